The molecule has 0 N–H and O–H groups in total. The van der Waals surface area contributed by atoms with E-state index in [1.54, 1.807) is 30.3 Å². The van der Waals surface area contributed by atoms with E-state index in [1.165, 1.54) is 22.5 Å². The Morgan fingerprint density at radius 2 is 1.41 bits per heavy atom. The fourth-order valence-electron chi connectivity index (χ4n) is 4.28. The Hall–Kier alpha value is -1.77. The molecule has 2 aliphatic rings. The third kappa shape index (κ3) is 3.19. The van der Waals surface area contributed by atoms with Crippen molar-refractivity contribution in [3.8, 4) is 0 Å². The van der Waals surface area contributed by atoms with Gasteiger partial charge in [-0.1, -0.05) is 24.3 Å². The highest BCUT2D eigenvalue weighted by Gasteiger charge is 2.50. The van der Waals surface area contributed by atoms with E-state index in [1.807, 2.05) is 0 Å². The molecule has 2 aromatic rings. The molecule has 0 aromatic heterocycles. The molecule has 2 heterocycles. The van der Waals surface area contributed by atoms with Crippen molar-refractivity contribution in [1.29, 1.82) is 0 Å². The molecule has 2 aliphatic heterocycles. The van der Waals surface area contributed by atoms with Gasteiger partial charge in [-0.2, -0.15) is 4.31 Å². The molecule has 144 valence electrons. The van der Waals surface area contributed by atoms with Crippen molar-refractivity contribution in [1.82, 2.24) is 4.31 Å². The van der Waals surface area contributed by atoms with Gasteiger partial charge in [0.15, 0.2) is 9.84 Å². The molecule has 2 aromatic carbocycles. The van der Waals surface area contributed by atoms with Crippen LogP contribution in [0.2, 0.25) is 0 Å². The van der Waals surface area contributed by atoms with E-state index >= 15 is 0 Å². The molecule has 0 amide bonds. The molecule has 27 heavy (non-hydrogen) atoms. The Kier molecular flexibility index (Phi) is 4.60. The van der Waals surface area contributed by atoms with Gasteiger partial charge >= 0.3 is 0 Å². The molecule has 0 saturated carbocycles. The summed E-state index contributed by atoms with van der Waals surface area (Å²) in [6, 6.07) is 12.5. The molecule has 2 fully saturated rings. The van der Waals surface area contributed by atoms with Gasteiger partial charge in [-0.3, -0.25) is 0 Å². The minimum atomic E-state index is -3.86. The largest absolute Gasteiger partial charge is 0.243 e. The maximum atomic E-state index is 13.5. The summed E-state index contributed by atoms with van der Waals surface area (Å²) >= 11 is 0. The Morgan fingerprint density at radius 3 is 2.00 bits per heavy atom. The van der Waals surface area contributed by atoms with Gasteiger partial charge in [-0.05, 0) is 56.0 Å². The lowest BCUT2D eigenvalue weighted by atomic mass is 10.1. The number of piperidine rings is 1. The van der Waals surface area contributed by atoms with Crippen LogP contribution >= 0.6 is 0 Å². The summed E-state index contributed by atoms with van der Waals surface area (Å²) in [5.74, 6) is -0.607. The van der Waals surface area contributed by atoms with Gasteiger partial charge in [0, 0.05) is 12.1 Å². The second kappa shape index (κ2) is 6.68. The predicted octanol–water partition coefficient (Wildman–Crippen LogP) is 2.98. The van der Waals surface area contributed by atoms with Crippen LogP contribution in [0.1, 0.15) is 25.7 Å². The van der Waals surface area contributed by atoms with Gasteiger partial charge < -0.3 is 0 Å². The van der Waals surface area contributed by atoms with Crippen LogP contribution in [0.3, 0.4) is 0 Å². The number of hydrogen-bond acceptors (Lipinski definition) is 4. The Bertz CT molecular complexity index is 1040. The van der Waals surface area contributed by atoms with Gasteiger partial charge in [0.2, 0.25) is 10.0 Å². The van der Waals surface area contributed by atoms with Gasteiger partial charge in [-0.15, -0.1) is 0 Å². The molecule has 2 unspecified atom stereocenters. The van der Waals surface area contributed by atoms with Crippen molar-refractivity contribution < 1.29 is 21.2 Å². The zero-order valence-electron chi connectivity index (χ0n) is 14.5. The molecular weight excluding hydrogens is 389 g/mol. The molecule has 8 heteroatoms. The van der Waals surface area contributed by atoms with E-state index in [2.05, 4.69) is 0 Å². The SMILES string of the molecule is O=S(=O)(c1ccccc1)C1CC2CCC(C1)N2S(=O)(=O)c1cccc(F)c1. The summed E-state index contributed by atoms with van der Waals surface area (Å²) in [5, 5.41) is -0.601. The van der Waals surface area contributed by atoms with Gasteiger partial charge in [0.25, 0.3) is 0 Å². The van der Waals surface area contributed by atoms with Crippen molar-refractivity contribution in [2.75, 3.05) is 0 Å². The first kappa shape index (κ1) is 18.6. The first-order valence-corrected chi connectivity index (χ1v) is 11.9. The maximum Gasteiger partial charge on any atom is 0.243 e. The number of fused-ring (bicyclic) bond motifs is 2. The summed E-state index contributed by atoms with van der Waals surface area (Å²) in [6.07, 6.45) is 1.78. The van der Waals surface area contributed by atoms with E-state index < -0.39 is 30.9 Å². The molecule has 0 aliphatic carbocycles. The Morgan fingerprint density at radius 1 is 0.815 bits per heavy atom. The summed E-state index contributed by atoms with van der Waals surface area (Å²) in [6.45, 7) is 0. The highest BCUT2D eigenvalue weighted by atomic mass is 32.2. The fourth-order valence-corrected chi connectivity index (χ4v) is 8.08. The van der Waals surface area contributed by atoms with Gasteiger partial charge in [0.1, 0.15) is 5.82 Å². The van der Waals surface area contributed by atoms with Crippen LogP contribution < -0.4 is 0 Å². The normalized spacial score (nSPS) is 26.2. The first-order chi connectivity index (χ1) is 12.8. The lowest BCUT2D eigenvalue weighted by molar-refractivity contribution is 0.249. The molecule has 5 nitrogen and oxygen atoms in total. The zero-order chi connectivity index (χ0) is 19.2. The van der Waals surface area contributed by atoms with Crippen molar-refractivity contribution in [3.05, 3.63) is 60.4 Å². The zero-order valence-corrected chi connectivity index (χ0v) is 16.2. The number of benzene rings is 2. The summed E-state index contributed by atoms with van der Waals surface area (Å²) in [7, 11) is -7.37. The second-order valence-electron chi connectivity index (χ2n) is 7.13. The fraction of sp³-hybridized carbons (Fsp3) is 0.368. The van der Waals surface area contributed by atoms with Crippen molar-refractivity contribution in [2.45, 2.75) is 52.8 Å². The number of nitrogens with zero attached hydrogens (tertiary/aromatic N) is 1. The molecular formula is C19H20FNO4S2. The van der Waals surface area contributed by atoms with Crippen LogP contribution in [0.25, 0.3) is 0 Å². The molecule has 2 atom stereocenters. The highest BCUT2D eigenvalue weighted by molar-refractivity contribution is 7.92. The number of hydrogen-bond donors (Lipinski definition) is 0. The maximum absolute atomic E-state index is 13.5. The highest BCUT2D eigenvalue weighted by Crippen LogP contribution is 2.42. The minimum absolute atomic E-state index is 0.0798. The second-order valence-corrected chi connectivity index (χ2v) is 11.2. The molecule has 2 bridgehead atoms. The lowest BCUT2D eigenvalue weighted by Gasteiger charge is -2.37. The average Bonchev–Trinajstić information content (AvgIpc) is 2.93. The number of rotatable bonds is 4. The van der Waals surface area contributed by atoms with Crippen LogP contribution in [-0.2, 0) is 19.9 Å². The molecule has 0 radical (unpaired) electrons. The number of sulfone groups is 1. The topological polar surface area (TPSA) is 71.5 Å². The predicted molar refractivity (Wildman–Crippen MR) is 98.9 cm³/mol. The summed E-state index contributed by atoms with van der Waals surface area (Å²) in [5.41, 5.74) is 0. The van der Waals surface area contributed by atoms with Crippen LogP contribution in [0.15, 0.2) is 64.4 Å². The van der Waals surface area contributed by atoms with Crippen LogP contribution in [0.4, 0.5) is 4.39 Å². The third-order valence-electron chi connectivity index (χ3n) is 5.50. The Balaban J connectivity index is 1.63. The van der Waals surface area contributed by atoms with Gasteiger partial charge in [0.05, 0.1) is 15.0 Å². The number of halogens is 1. The minimum Gasteiger partial charge on any atom is -0.223 e. The standard InChI is InChI=1S/C19H20FNO4S2/c20-14-5-4-8-18(11-14)27(24,25)21-15-9-10-16(21)13-19(12-15)26(22,23)17-6-2-1-3-7-17/h1-8,11,15-16,19H,9-10,12-13H2. The monoisotopic (exact) mass is 409 g/mol. The van der Waals surface area contributed by atoms with Crippen molar-refractivity contribution in [2.24, 2.45) is 0 Å². The summed E-state index contributed by atoms with van der Waals surface area (Å²) < 4.78 is 66.9. The Labute approximate surface area is 158 Å². The van der Waals surface area contributed by atoms with Gasteiger partial charge in [-0.25, -0.2) is 21.2 Å². The molecule has 0 spiro atoms. The van der Waals surface area contributed by atoms with Crippen molar-refractivity contribution >= 4 is 19.9 Å². The van der Waals surface area contributed by atoms with E-state index in [9.17, 15) is 21.2 Å². The van der Waals surface area contributed by atoms with E-state index in [4.69, 9.17) is 0 Å². The smallest absolute Gasteiger partial charge is 0.223 e. The third-order valence-corrected chi connectivity index (χ3v) is 9.70. The quantitative estimate of drug-likeness (QED) is 0.778. The molecule has 2 saturated heterocycles. The van der Waals surface area contributed by atoms with Crippen molar-refractivity contribution in [3.63, 3.8) is 0 Å². The van der Waals surface area contributed by atoms with Crippen LogP contribution in [-0.4, -0.2) is 38.5 Å². The molecule has 4 rings (SSSR count). The average molecular weight is 410 g/mol. The first-order valence-electron chi connectivity index (χ1n) is 8.88. The van der Waals surface area contributed by atoms with E-state index in [-0.39, 0.29) is 34.7 Å². The summed E-state index contributed by atoms with van der Waals surface area (Å²) in [4.78, 5) is 0.194. The lowest BCUT2D eigenvalue weighted by Crippen LogP contribution is -2.49. The van der Waals surface area contributed by atoms with E-state index in [0.717, 1.165) is 6.07 Å². The van der Waals surface area contributed by atoms with Crippen LogP contribution in [0, 0.1) is 5.82 Å². The number of sulfonamides is 1. The van der Waals surface area contributed by atoms with E-state index in [0.29, 0.717) is 12.8 Å². The van der Waals surface area contributed by atoms with Crippen LogP contribution in [0.5, 0.6) is 0 Å².